The average Bonchev–Trinajstić information content (AvgIpc) is 2.71. The van der Waals surface area contributed by atoms with Gasteiger partial charge in [0.1, 0.15) is 5.82 Å². The summed E-state index contributed by atoms with van der Waals surface area (Å²) in [5.74, 6) is -0.0833. The zero-order valence-corrected chi connectivity index (χ0v) is 18.3. The van der Waals surface area contributed by atoms with Crippen molar-refractivity contribution >= 4 is 33.2 Å². The van der Waals surface area contributed by atoms with Gasteiger partial charge in [-0.1, -0.05) is 29.3 Å². The molecule has 1 heterocycles. The Hall–Kier alpha value is -2.81. The number of amides is 1. The molecule has 156 valence electrons. The van der Waals surface area contributed by atoms with Gasteiger partial charge in [-0.25, -0.2) is 18.4 Å². The summed E-state index contributed by atoms with van der Waals surface area (Å²) in [6.45, 7) is 3.71. The van der Waals surface area contributed by atoms with Crippen LogP contribution in [0, 0.1) is 13.8 Å². The molecule has 9 heteroatoms. The predicted octanol–water partition coefficient (Wildman–Crippen LogP) is 3.82. The Morgan fingerprint density at radius 3 is 2.30 bits per heavy atom. The normalized spacial score (nSPS) is 11.5. The van der Waals surface area contributed by atoms with Crippen LogP contribution in [0.3, 0.4) is 0 Å². The fraction of sp³-hybridized carbons (Fsp3) is 0.190. The van der Waals surface area contributed by atoms with Gasteiger partial charge in [-0.3, -0.25) is 4.79 Å². The molecular weight excluding hydrogens is 424 g/mol. The first-order valence-corrected chi connectivity index (χ1v) is 10.9. The first kappa shape index (κ1) is 21.9. The number of aryl methyl sites for hydroxylation is 2. The number of rotatable bonds is 6. The largest absolute Gasteiger partial charge is 0.322 e. The van der Waals surface area contributed by atoms with E-state index in [0.29, 0.717) is 10.7 Å². The SMILES string of the molecule is Cc1ccc(S(=O)(=O)N(C)Cc2ncc(C(=O)Nc3ccc(Cl)cc3C)cn2)cc1. The highest BCUT2D eigenvalue weighted by atomic mass is 35.5. The lowest BCUT2D eigenvalue weighted by atomic mass is 10.2. The van der Waals surface area contributed by atoms with Gasteiger partial charge in [-0.15, -0.1) is 0 Å². The third-order valence-electron chi connectivity index (χ3n) is 4.50. The van der Waals surface area contributed by atoms with Gasteiger partial charge in [0.05, 0.1) is 17.0 Å². The van der Waals surface area contributed by atoms with Crippen LogP contribution in [-0.2, 0) is 16.6 Å². The van der Waals surface area contributed by atoms with Crippen LogP contribution in [0.15, 0.2) is 59.8 Å². The van der Waals surface area contributed by atoms with E-state index in [1.54, 1.807) is 42.5 Å². The van der Waals surface area contributed by atoms with Crippen molar-refractivity contribution in [2.75, 3.05) is 12.4 Å². The molecule has 0 aliphatic rings. The number of nitrogens with one attached hydrogen (secondary N) is 1. The molecule has 3 rings (SSSR count). The molecule has 0 saturated carbocycles. The summed E-state index contributed by atoms with van der Waals surface area (Å²) in [4.78, 5) is 20.9. The van der Waals surface area contributed by atoms with E-state index in [2.05, 4.69) is 15.3 Å². The van der Waals surface area contributed by atoms with Crippen LogP contribution in [0.5, 0.6) is 0 Å². The second kappa shape index (κ2) is 8.91. The molecule has 0 atom stereocenters. The molecular formula is C21H21ClN4O3S. The van der Waals surface area contributed by atoms with E-state index < -0.39 is 10.0 Å². The molecule has 0 saturated heterocycles. The Morgan fingerprint density at radius 2 is 1.70 bits per heavy atom. The summed E-state index contributed by atoms with van der Waals surface area (Å²) in [6, 6.07) is 11.8. The molecule has 1 amide bonds. The van der Waals surface area contributed by atoms with Crippen LogP contribution in [0.25, 0.3) is 0 Å². The van der Waals surface area contributed by atoms with E-state index in [1.807, 2.05) is 13.8 Å². The minimum Gasteiger partial charge on any atom is -0.322 e. The van der Waals surface area contributed by atoms with Crippen LogP contribution in [0.2, 0.25) is 5.02 Å². The number of carbonyl (C=O) groups excluding carboxylic acids is 1. The molecule has 2 aromatic carbocycles. The zero-order chi connectivity index (χ0) is 21.9. The minimum atomic E-state index is -3.67. The number of sulfonamides is 1. The fourth-order valence-electron chi connectivity index (χ4n) is 2.69. The standard InChI is InChI=1S/C21H21ClN4O3S/c1-14-4-7-18(8-5-14)30(28,29)26(3)13-20-23-11-16(12-24-20)21(27)25-19-9-6-17(22)10-15(19)2/h4-12H,13H2,1-3H3,(H,25,27). The molecule has 0 radical (unpaired) electrons. The zero-order valence-electron chi connectivity index (χ0n) is 16.8. The van der Waals surface area contributed by atoms with E-state index in [-0.39, 0.29) is 28.7 Å². The quantitative estimate of drug-likeness (QED) is 0.623. The molecule has 0 fully saturated rings. The van der Waals surface area contributed by atoms with Crippen molar-refractivity contribution in [1.29, 1.82) is 0 Å². The monoisotopic (exact) mass is 444 g/mol. The van der Waals surface area contributed by atoms with Crippen molar-refractivity contribution in [2.45, 2.75) is 25.3 Å². The first-order valence-electron chi connectivity index (χ1n) is 9.08. The number of anilines is 1. The number of halogens is 1. The maximum absolute atomic E-state index is 12.7. The van der Waals surface area contributed by atoms with E-state index in [9.17, 15) is 13.2 Å². The average molecular weight is 445 g/mol. The Labute approximate surface area is 180 Å². The van der Waals surface area contributed by atoms with Crippen molar-refractivity contribution < 1.29 is 13.2 Å². The maximum atomic E-state index is 12.7. The summed E-state index contributed by atoms with van der Waals surface area (Å²) < 4.78 is 26.5. The Kier molecular flexibility index (Phi) is 6.50. The summed E-state index contributed by atoms with van der Waals surface area (Å²) >= 11 is 5.93. The van der Waals surface area contributed by atoms with Gasteiger partial charge in [0.15, 0.2) is 0 Å². The number of hydrogen-bond donors (Lipinski definition) is 1. The van der Waals surface area contributed by atoms with Gasteiger partial charge in [-0.2, -0.15) is 4.31 Å². The van der Waals surface area contributed by atoms with Gasteiger partial charge in [-0.05, 0) is 49.7 Å². The van der Waals surface area contributed by atoms with Crippen LogP contribution in [-0.4, -0.2) is 35.6 Å². The maximum Gasteiger partial charge on any atom is 0.258 e. The number of benzene rings is 2. The molecule has 0 bridgehead atoms. The third-order valence-corrected chi connectivity index (χ3v) is 6.55. The van der Waals surface area contributed by atoms with Crippen LogP contribution < -0.4 is 5.32 Å². The summed E-state index contributed by atoms with van der Waals surface area (Å²) in [5.41, 5.74) is 2.70. The number of aromatic nitrogens is 2. The van der Waals surface area contributed by atoms with Crippen molar-refractivity contribution in [2.24, 2.45) is 0 Å². The topological polar surface area (TPSA) is 92.3 Å². The molecule has 1 N–H and O–H groups in total. The lowest BCUT2D eigenvalue weighted by Gasteiger charge is -2.16. The van der Waals surface area contributed by atoms with Gasteiger partial charge in [0.2, 0.25) is 10.0 Å². The molecule has 1 aromatic heterocycles. The predicted molar refractivity (Wildman–Crippen MR) is 116 cm³/mol. The smallest absolute Gasteiger partial charge is 0.258 e. The van der Waals surface area contributed by atoms with Crippen LogP contribution >= 0.6 is 11.6 Å². The molecule has 0 spiro atoms. The number of nitrogens with zero attached hydrogens (tertiary/aromatic N) is 3. The van der Waals surface area contributed by atoms with E-state index in [1.165, 1.54) is 23.7 Å². The highest BCUT2D eigenvalue weighted by Gasteiger charge is 2.21. The Balaban J connectivity index is 1.69. The van der Waals surface area contributed by atoms with E-state index in [0.717, 1.165) is 11.1 Å². The molecule has 7 nitrogen and oxygen atoms in total. The van der Waals surface area contributed by atoms with Crippen molar-refractivity contribution in [3.05, 3.63) is 82.4 Å². The van der Waals surface area contributed by atoms with Crippen molar-refractivity contribution in [3.63, 3.8) is 0 Å². The highest BCUT2D eigenvalue weighted by Crippen LogP contribution is 2.20. The molecule has 0 aliphatic heterocycles. The second-order valence-electron chi connectivity index (χ2n) is 6.88. The molecule has 0 unspecified atom stereocenters. The molecule has 30 heavy (non-hydrogen) atoms. The van der Waals surface area contributed by atoms with Crippen LogP contribution in [0.1, 0.15) is 27.3 Å². The van der Waals surface area contributed by atoms with Gasteiger partial charge >= 0.3 is 0 Å². The first-order chi connectivity index (χ1) is 14.2. The molecule has 0 aliphatic carbocycles. The lowest BCUT2D eigenvalue weighted by Crippen LogP contribution is -2.27. The number of carbonyl (C=O) groups is 1. The lowest BCUT2D eigenvalue weighted by molar-refractivity contribution is 0.102. The van der Waals surface area contributed by atoms with Crippen molar-refractivity contribution in [3.8, 4) is 0 Å². The second-order valence-corrected chi connectivity index (χ2v) is 9.36. The van der Waals surface area contributed by atoms with Gasteiger partial charge in [0.25, 0.3) is 5.91 Å². The highest BCUT2D eigenvalue weighted by molar-refractivity contribution is 7.89. The fourth-order valence-corrected chi connectivity index (χ4v) is 4.04. The summed E-state index contributed by atoms with van der Waals surface area (Å²) in [5, 5.41) is 3.37. The number of hydrogen-bond acceptors (Lipinski definition) is 5. The van der Waals surface area contributed by atoms with Crippen LogP contribution in [0.4, 0.5) is 5.69 Å². The molecule has 3 aromatic rings. The Bertz CT molecular complexity index is 1160. The minimum absolute atomic E-state index is 0.0194. The van der Waals surface area contributed by atoms with Gasteiger partial charge < -0.3 is 5.32 Å². The van der Waals surface area contributed by atoms with Crippen molar-refractivity contribution in [1.82, 2.24) is 14.3 Å². The summed E-state index contributed by atoms with van der Waals surface area (Å²) in [6.07, 6.45) is 2.74. The van der Waals surface area contributed by atoms with Gasteiger partial charge in [0, 0.05) is 30.2 Å². The van der Waals surface area contributed by atoms with E-state index in [4.69, 9.17) is 11.6 Å². The van der Waals surface area contributed by atoms with E-state index >= 15 is 0 Å². The Morgan fingerprint density at radius 1 is 1.07 bits per heavy atom. The summed E-state index contributed by atoms with van der Waals surface area (Å²) in [7, 11) is -2.21. The third kappa shape index (κ3) is 5.02.